The van der Waals surface area contributed by atoms with Crippen LogP contribution in [0.4, 0.5) is 14.5 Å². The van der Waals surface area contributed by atoms with Crippen LogP contribution in [0.1, 0.15) is 34.8 Å². The van der Waals surface area contributed by atoms with Gasteiger partial charge in [-0.3, -0.25) is 14.4 Å². The lowest BCUT2D eigenvalue weighted by atomic mass is 10.1. The summed E-state index contributed by atoms with van der Waals surface area (Å²) in [7, 11) is 0. The zero-order valence-electron chi connectivity index (χ0n) is 16.2. The van der Waals surface area contributed by atoms with Crippen LogP contribution in [0.5, 0.6) is 0 Å². The monoisotopic (exact) mass is 404 g/mol. The van der Waals surface area contributed by atoms with Gasteiger partial charge in [-0.1, -0.05) is 25.1 Å². The maximum atomic E-state index is 13.5. The smallest absolute Gasteiger partial charge is 0.308 e. The molecule has 0 unspecified atom stereocenters. The number of carbonyl (C=O) groups excluding carboxylic acids is 3. The first-order chi connectivity index (χ1) is 13.8. The number of aryl methyl sites for hydroxylation is 2. The molecule has 0 fully saturated rings. The SMILES string of the molecule is CCc1cccc(C)c1NC(=O)COC(=O)CCNC(=O)c1ccc(F)cc1F. The summed E-state index contributed by atoms with van der Waals surface area (Å²) in [5, 5.41) is 5.07. The summed E-state index contributed by atoms with van der Waals surface area (Å²) >= 11 is 0. The molecule has 0 radical (unpaired) electrons. The van der Waals surface area contributed by atoms with E-state index in [2.05, 4.69) is 10.6 Å². The number of carbonyl (C=O) groups is 3. The van der Waals surface area contributed by atoms with Gasteiger partial charge in [0.15, 0.2) is 6.61 Å². The van der Waals surface area contributed by atoms with Crippen molar-refractivity contribution in [1.29, 1.82) is 0 Å². The molecule has 8 heteroatoms. The molecule has 0 spiro atoms. The maximum absolute atomic E-state index is 13.5. The average molecular weight is 404 g/mol. The van der Waals surface area contributed by atoms with E-state index in [0.717, 1.165) is 29.7 Å². The molecule has 0 saturated carbocycles. The number of hydrogen-bond donors (Lipinski definition) is 2. The van der Waals surface area contributed by atoms with Gasteiger partial charge in [0.05, 0.1) is 12.0 Å². The highest BCUT2D eigenvalue weighted by Gasteiger charge is 2.14. The lowest BCUT2D eigenvalue weighted by molar-refractivity contribution is -0.147. The molecule has 0 heterocycles. The highest BCUT2D eigenvalue weighted by atomic mass is 19.1. The number of halogens is 2. The second kappa shape index (κ2) is 10.3. The fraction of sp³-hybridized carbons (Fsp3) is 0.286. The van der Waals surface area contributed by atoms with E-state index in [-0.39, 0.29) is 18.5 Å². The second-order valence-electron chi connectivity index (χ2n) is 6.30. The third-order valence-corrected chi connectivity index (χ3v) is 4.16. The van der Waals surface area contributed by atoms with Gasteiger partial charge in [-0.05, 0) is 36.6 Å². The predicted molar refractivity (Wildman–Crippen MR) is 103 cm³/mol. The number of anilines is 1. The Morgan fingerprint density at radius 2 is 1.86 bits per heavy atom. The molecule has 0 saturated heterocycles. The van der Waals surface area contributed by atoms with Crippen molar-refractivity contribution in [3.05, 3.63) is 64.7 Å². The van der Waals surface area contributed by atoms with Gasteiger partial charge >= 0.3 is 5.97 Å². The molecule has 154 valence electrons. The Balaban J connectivity index is 1.76. The molecule has 6 nitrogen and oxygen atoms in total. The van der Waals surface area contributed by atoms with Gasteiger partial charge in [0.25, 0.3) is 11.8 Å². The summed E-state index contributed by atoms with van der Waals surface area (Å²) in [5.41, 5.74) is 2.24. The number of nitrogens with one attached hydrogen (secondary N) is 2. The first kappa shape index (κ1) is 22.0. The Labute approximate surface area is 167 Å². The molecule has 2 aromatic carbocycles. The molecule has 2 aromatic rings. The van der Waals surface area contributed by atoms with Crippen LogP contribution < -0.4 is 10.6 Å². The molecular weight excluding hydrogens is 382 g/mol. The predicted octanol–water partition coefficient (Wildman–Crippen LogP) is 3.14. The molecule has 0 aliphatic rings. The van der Waals surface area contributed by atoms with Crippen molar-refractivity contribution in [2.75, 3.05) is 18.5 Å². The van der Waals surface area contributed by atoms with Gasteiger partial charge in [-0.2, -0.15) is 0 Å². The summed E-state index contributed by atoms with van der Waals surface area (Å²) in [6, 6.07) is 8.24. The minimum absolute atomic E-state index is 0.117. The lowest BCUT2D eigenvalue weighted by Crippen LogP contribution is -2.28. The third kappa shape index (κ3) is 6.38. The molecule has 0 atom stereocenters. The van der Waals surface area contributed by atoms with Crippen molar-refractivity contribution in [1.82, 2.24) is 5.32 Å². The molecule has 0 aliphatic heterocycles. The Hall–Kier alpha value is -3.29. The van der Waals surface area contributed by atoms with Gasteiger partial charge in [-0.15, -0.1) is 0 Å². The summed E-state index contributed by atoms with van der Waals surface area (Å²) in [6.07, 6.45) is 0.540. The summed E-state index contributed by atoms with van der Waals surface area (Å²) in [5.74, 6) is -3.73. The van der Waals surface area contributed by atoms with Crippen molar-refractivity contribution in [3.63, 3.8) is 0 Å². The topological polar surface area (TPSA) is 84.5 Å². The van der Waals surface area contributed by atoms with Gasteiger partial charge in [-0.25, -0.2) is 8.78 Å². The Kier molecular flexibility index (Phi) is 7.82. The number of benzene rings is 2. The number of para-hydroxylation sites is 1. The van der Waals surface area contributed by atoms with Crippen LogP contribution in [-0.4, -0.2) is 30.9 Å². The van der Waals surface area contributed by atoms with Gasteiger partial charge < -0.3 is 15.4 Å². The second-order valence-corrected chi connectivity index (χ2v) is 6.30. The summed E-state index contributed by atoms with van der Waals surface area (Å²) in [4.78, 5) is 35.6. The highest BCUT2D eigenvalue weighted by molar-refractivity contribution is 5.95. The van der Waals surface area contributed by atoms with E-state index in [1.807, 2.05) is 32.0 Å². The van der Waals surface area contributed by atoms with Crippen LogP contribution in [0.25, 0.3) is 0 Å². The van der Waals surface area contributed by atoms with E-state index in [9.17, 15) is 23.2 Å². The van der Waals surface area contributed by atoms with Gasteiger partial charge in [0, 0.05) is 18.3 Å². The van der Waals surface area contributed by atoms with Gasteiger partial charge in [0.2, 0.25) is 0 Å². The normalized spacial score (nSPS) is 10.3. The number of ether oxygens (including phenoxy) is 1. The minimum Gasteiger partial charge on any atom is -0.456 e. The van der Waals surface area contributed by atoms with Crippen molar-refractivity contribution in [2.45, 2.75) is 26.7 Å². The molecular formula is C21H22F2N2O4. The van der Waals surface area contributed by atoms with Gasteiger partial charge in [0.1, 0.15) is 11.6 Å². The van der Waals surface area contributed by atoms with Crippen LogP contribution in [0.3, 0.4) is 0 Å². The van der Waals surface area contributed by atoms with E-state index in [1.165, 1.54) is 0 Å². The van der Waals surface area contributed by atoms with E-state index < -0.39 is 36.0 Å². The molecule has 2 N–H and O–H groups in total. The van der Waals surface area contributed by atoms with Crippen LogP contribution in [0.2, 0.25) is 0 Å². The van der Waals surface area contributed by atoms with E-state index in [4.69, 9.17) is 4.74 Å². The fourth-order valence-corrected chi connectivity index (χ4v) is 2.64. The summed E-state index contributed by atoms with van der Waals surface area (Å²) < 4.78 is 31.3. The van der Waals surface area contributed by atoms with E-state index >= 15 is 0 Å². The average Bonchev–Trinajstić information content (AvgIpc) is 2.67. The Morgan fingerprint density at radius 3 is 2.55 bits per heavy atom. The first-order valence-corrected chi connectivity index (χ1v) is 9.09. The Morgan fingerprint density at radius 1 is 1.10 bits per heavy atom. The number of amides is 2. The summed E-state index contributed by atoms with van der Waals surface area (Å²) in [6.45, 7) is 3.26. The highest BCUT2D eigenvalue weighted by Crippen LogP contribution is 2.20. The molecule has 0 aromatic heterocycles. The molecule has 2 amide bonds. The zero-order chi connectivity index (χ0) is 21.4. The quantitative estimate of drug-likeness (QED) is 0.662. The zero-order valence-corrected chi connectivity index (χ0v) is 16.2. The fourth-order valence-electron chi connectivity index (χ4n) is 2.64. The lowest BCUT2D eigenvalue weighted by Gasteiger charge is -2.13. The number of hydrogen-bond acceptors (Lipinski definition) is 4. The maximum Gasteiger partial charge on any atom is 0.308 e. The third-order valence-electron chi connectivity index (χ3n) is 4.16. The van der Waals surface area contributed by atoms with E-state index in [0.29, 0.717) is 11.8 Å². The standard InChI is InChI=1S/C21H22F2N2O4/c1-3-14-6-4-5-13(2)20(14)25-18(26)12-29-19(27)9-10-24-21(28)16-8-7-15(22)11-17(16)23/h4-8,11H,3,9-10,12H2,1-2H3,(H,24,28)(H,25,26). The minimum atomic E-state index is -0.996. The Bertz CT molecular complexity index is 916. The largest absolute Gasteiger partial charge is 0.456 e. The van der Waals surface area contributed by atoms with Crippen LogP contribution in [-0.2, 0) is 20.7 Å². The first-order valence-electron chi connectivity index (χ1n) is 9.09. The molecule has 29 heavy (non-hydrogen) atoms. The van der Waals surface area contributed by atoms with Crippen molar-refractivity contribution in [3.8, 4) is 0 Å². The van der Waals surface area contributed by atoms with Crippen LogP contribution in [0.15, 0.2) is 36.4 Å². The van der Waals surface area contributed by atoms with E-state index in [1.54, 1.807) is 0 Å². The van der Waals surface area contributed by atoms with Crippen molar-refractivity contribution >= 4 is 23.5 Å². The molecule has 0 aliphatic carbocycles. The molecule has 2 rings (SSSR count). The molecule has 0 bridgehead atoms. The number of esters is 1. The van der Waals surface area contributed by atoms with Crippen molar-refractivity contribution in [2.24, 2.45) is 0 Å². The van der Waals surface area contributed by atoms with Crippen LogP contribution >= 0.6 is 0 Å². The number of rotatable bonds is 8. The van der Waals surface area contributed by atoms with Crippen LogP contribution in [0, 0.1) is 18.6 Å². The van der Waals surface area contributed by atoms with Crippen molar-refractivity contribution < 1.29 is 27.9 Å².